The highest BCUT2D eigenvalue weighted by atomic mass is 32.2. The fourth-order valence-corrected chi connectivity index (χ4v) is 5.65. The molecule has 3 rings (SSSR count). The van der Waals surface area contributed by atoms with Crippen LogP contribution in [0.25, 0.3) is 0 Å². The molecule has 29 heavy (non-hydrogen) atoms. The highest BCUT2D eigenvalue weighted by Crippen LogP contribution is 2.48. The number of anilines is 1. The summed E-state index contributed by atoms with van der Waals surface area (Å²) in [4.78, 5) is 28.5. The first-order valence-electron chi connectivity index (χ1n) is 9.95. The summed E-state index contributed by atoms with van der Waals surface area (Å²) in [5.74, 6) is 0.870. The number of aryl methyl sites for hydroxylation is 1. The SMILES string of the molecule is CCC(C)NC(=O)CN1C(=O)CSC(c2cccs2)c2c(C(C)(C)C)nn(C)c21. The second-order valence-corrected chi connectivity index (χ2v) is 10.6. The number of hydrogen-bond donors (Lipinski definition) is 1. The molecular formula is C21H30N4O2S2. The minimum absolute atomic E-state index is 0.0109. The number of carbonyl (C=O) groups is 2. The summed E-state index contributed by atoms with van der Waals surface area (Å²) in [6.45, 7) is 10.4. The summed E-state index contributed by atoms with van der Waals surface area (Å²) in [6.07, 6.45) is 0.848. The van der Waals surface area contributed by atoms with E-state index >= 15 is 0 Å². The number of carbonyl (C=O) groups excluding carboxylic acids is 2. The lowest BCUT2D eigenvalue weighted by Crippen LogP contribution is -2.44. The van der Waals surface area contributed by atoms with Crippen LogP contribution in [0.2, 0.25) is 0 Å². The fourth-order valence-electron chi connectivity index (χ4n) is 3.48. The quantitative estimate of drug-likeness (QED) is 0.776. The third-order valence-corrected chi connectivity index (χ3v) is 7.40. The van der Waals surface area contributed by atoms with E-state index in [9.17, 15) is 9.59 Å². The van der Waals surface area contributed by atoms with E-state index in [4.69, 9.17) is 5.10 Å². The summed E-state index contributed by atoms with van der Waals surface area (Å²) in [5, 5.41) is 9.88. The normalized spacial score (nSPS) is 18.3. The highest BCUT2D eigenvalue weighted by molar-refractivity contribution is 8.00. The molecule has 0 saturated heterocycles. The Kier molecular flexibility index (Phi) is 6.43. The van der Waals surface area contributed by atoms with Crippen molar-refractivity contribution in [1.82, 2.24) is 15.1 Å². The van der Waals surface area contributed by atoms with E-state index in [0.29, 0.717) is 5.75 Å². The molecule has 1 N–H and O–H groups in total. The Morgan fingerprint density at radius 3 is 2.72 bits per heavy atom. The van der Waals surface area contributed by atoms with Crippen molar-refractivity contribution in [3.05, 3.63) is 33.6 Å². The first-order chi connectivity index (χ1) is 13.6. The van der Waals surface area contributed by atoms with E-state index in [1.54, 1.807) is 32.7 Å². The average molecular weight is 435 g/mol. The van der Waals surface area contributed by atoms with E-state index in [2.05, 4.69) is 37.5 Å². The molecule has 2 amide bonds. The van der Waals surface area contributed by atoms with Gasteiger partial charge in [-0.1, -0.05) is 33.8 Å². The monoisotopic (exact) mass is 434 g/mol. The van der Waals surface area contributed by atoms with Crippen LogP contribution in [0.1, 0.15) is 62.4 Å². The lowest BCUT2D eigenvalue weighted by atomic mass is 9.88. The third-order valence-electron chi connectivity index (χ3n) is 5.08. The second-order valence-electron chi connectivity index (χ2n) is 8.52. The van der Waals surface area contributed by atoms with Gasteiger partial charge in [0, 0.05) is 28.9 Å². The average Bonchev–Trinajstić information content (AvgIpc) is 3.25. The van der Waals surface area contributed by atoms with Gasteiger partial charge in [0.25, 0.3) is 0 Å². The molecule has 0 radical (unpaired) electrons. The molecule has 0 fully saturated rings. The zero-order chi connectivity index (χ0) is 21.3. The molecule has 6 nitrogen and oxygen atoms in total. The molecule has 1 aliphatic heterocycles. The number of nitrogens with one attached hydrogen (secondary N) is 1. The molecule has 0 aliphatic carbocycles. The molecule has 0 saturated carbocycles. The van der Waals surface area contributed by atoms with Gasteiger partial charge in [-0.2, -0.15) is 5.10 Å². The number of thioether (sulfide) groups is 1. The van der Waals surface area contributed by atoms with Gasteiger partial charge in [-0.3, -0.25) is 19.2 Å². The van der Waals surface area contributed by atoms with Gasteiger partial charge < -0.3 is 5.32 Å². The Bertz CT molecular complexity index is 883. The molecule has 8 heteroatoms. The molecule has 0 aromatic carbocycles. The second kappa shape index (κ2) is 8.52. The number of hydrogen-bond acceptors (Lipinski definition) is 5. The Morgan fingerprint density at radius 2 is 2.14 bits per heavy atom. The van der Waals surface area contributed by atoms with Gasteiger partial charge >= 0.3 is 0 Å². The van der Waals surface area contributed by atoms with Crippen LogP contribution >= 0.6 is 23.1 Å². The van der Waals surface area contributed by atoms with Crippen molar-refractivity contribution in [3.63, 3.8) is 0 Å². The maximum atomic E-state index is 13.1. The van der Waals surface area contributed by atoms with Crippen LogP contribution in [0.3, 0.4) is 0 Å². The number of aromatic nitrogens is 2. The molecule has 0 bridgehead atoms. The van der Waals surface area contributed by atoms with Crippen LogP contribution in [-0.4, -0.2) is 39.9 Å². The van der Waals surface area contributed by atoms with Crippen LogP contribution in [-0.2, 0) is 22.1 Å². The van der Waals surface area contributed by atoms with Crippen molar-refractivity contribution >= 4 is 40.7 Å². The van der Waals surface area contributed by atoms with Crippen molar-refractivity contribution in [2.45, 2.75) is 57.7 Å². The largest absolute Gasteiger partial charge is 0.352 e. The van der Waals surface area contributed by atoms with Crippen molar-refractivity contribution < 1.29 is 9.59 Å². The standard InChI is InChI=1S/C21H30N4O2S2/c1-7-13(2)22-15(26)11-25-16(27)12-29-18(14-9-8-10-28-14)17-19(21(3,4)5)23-24(6)20(17)25/h8-10,13,18H,7,11-12H2,1-6H3,(H,22,26). The number of rotatable bonds is 5. The van der Waals surface area contributed by atoms with E-state index in [1.807, 2.05) is 27.0 Å². The predicted octanol–water partition coefficient (Wildman–Crippen LogP) is 3.86. The van der Waals surface area contributed by atoms with Crippen molar-refractivity contribution in [2.24, 2.45) is 7.05 Å². The minimum atomic E-state index is -0.181. The van der Waals surface area contributed by atoms with Gasteiger partial charge in [-0.05, 0) is 24.8 Å². The van der Waals surface area contributed by atoms with Crippen LogP contribution in [0.4, 0.5) is 5.82 Å². The van der Waals surface area contributed by atoms with Crippen LogP contribution < -0.4 is 10.2 Å². The lowest BCUT2D eigenvalue weighted by Gasteiger charge is -2.24. The van der Waals surface area contributed by atoms with Crippen LogP contribution in [0, 0.1) is 0 Å². The van der Waals surface area contributed by atoms with Gasteiger partial charge in [0.2, 0.25) is 11.8 Å². The summed E-state index contributed by atoms with van der Waals surface area (Å²) >= 11 is 3.31. The zero-order valence-corrected chi connectivity index (χ0v) is 19.6. The Morgan fingerprint density at radius 1 is 1.41 bits per heavy atom. The first kappa shape index (κ1) is 21.9. The summed E-state index contributed by atoms with van der Waals surface area (Å²) in [7, 11) is 1.86. The molecule has 158 valence electrons. The fraction of sp³-hybridized carbons (Fsp3) is 0.571. The van der Waals surface area contributed by atoms with Crippen molar-refractivity contribution in [3.8, 4) is 0 Å². The van der Waals surface area contributed by atoms with Crippen LogP contribution in [0.15, 0.2) is 17.5 Å². The van der Waals surface area contributed by atoms with Gasteiger partial charge in [0.1, 0.15) is 12.4 Å². The Balaban J connectivity index is 2.10. The van der Waals surface area contributed by atoms with Gasteiger partial charge in [-0.15, -0.1) is 23.1 Å². The molecule has 3 heterocycles. The maximum absolute atomic E-state index is 13.1. The maximum Gasteiger partial charge on any atom is 0.240 e. The minimum Gasteiger partial charge on any atom is -0.352 e. The zero-order valence-electron chi connectivity index (χ0n) is 18.0. The molecule has 2 atom stereocenters. The summed E-state index contributed by atoms with van der Waals surface area (Å²) in [5.41, 5.74) is 1.84. The number of amides is 2. The van der Waals surface area contributed by atoms with Gasteiger partial charge in [0.05, 0.1) is 16.7 Å². The topological polar surface area (TPSA) is 67.2 Å². The van der Waals surface area contributed by atoms with Crippen LogP contribution in [0.5, 0.6) is 0 Å². The van der Waals surface area contributed by atoms with Crippen molar-refractivity contribution in [1.29, 1.82) is 0 Å². The first-order valence-corrected chi connectivity index (χ1v) is 11.9. The third kappa shape index (κ3) is 4.53. The van der Waals surface area contributed by atoms with E-state index in [1.165, 1.54) is 4.88 Å². The molecule has 0 spiro atoms. The number of nitrogens with zero attached hydrogens (tertiary/aromatic N) is 3. The summed E-state index contributed by atoms with van der Waals surface area (Å²) in [6, 6.07) is 4.23. The number of fused-ring (bicyclic) bond motifs is 1. The Labute approximate surface area is 181 Å². The molecular weight excluding hydrogens is 404 g/mol. The lowest BCUT2D eigenvalue weighted by molar-refractivity contribution is -0.123. The van der Waals surface area contributed by atoms with Gasteiger partial charge in [-0.25, -0.2) is 0 Å². The Hall–Kier alpha value is -1.80. The molecule has 2 aromatic rings. The van der Waals surface area contributed by atoms with Crippen molar-refractivity contribution in [2.75, 3.05) is 17.2 Å². The number of thiophene rings is 1. The predicted molar refractivity (Wildman–Crippen MR) is 121 cm³/mol. The van der Waals surface area contributed by atoms with E-state index in [-0.39, 0.29) is 35.1 Å². The molecule has 2 aromatic heterocycles. The van der Waals surface area contributed by atoms with Gasteiger partial charge in [0.15, 0.2) is 0 Å². The highest BCUT2D eigenvalue weighted by Gasteiger charge is 2.39. The van der Waals surface area contributed by atoms with E-state index < -0.39 is 0 Å². The smallest absolute Gasteiger partial charge is 0.240 e. The summed E-state index contributed by atoms with van der Waals surface area (Å²) < 4.78 is 1.77. The molecule has 1 aliphatic rings. The molecule has 2 unspecified atom stereocenters. The van der Waals surface area contributed by atoms with E-state index in [0.717, 1.165) is 23.5 Å².